The molecule has 0 bridgehead atoms. The van der Waals surface area contributed by atoms with Gasteiger partial charge in [-0.25, -0.2) is 0 Å². The fourth-order valence-electron chi connectivity index (χ4n) is 6.55. The van der Waals surface area contributed by atoms with Crippen molar-refractivity contribution in [3.8, 4) is 0 Å². The number of benzene rings is 2. The lowest BCUT2D eigenvalue weighted by molar-refractivity contribution is -0.153. The summed E-state index contributed by atoms with van der Waals surface area (Å²) in [5.41, 5.74) is 1.74. The fraction of sp³-hybridized carbons (Fsp3) is 0.387. The number of aliphatic hydroxyl groups excluding tert-OH is 1. The first-order valence-electron chi connectivity index (χ1n) is 13.5. The van der Waals surface area contributed by atoms with Crippen molar-refractivity contribution < 1.29 is 24.2 Å². The van der Waals surface area contributed by atoms with E-state index < -0.39 is 28.7 Å². The molecule has 0 aromatic heterocycles. The van der Waals surface area contributed by atoms with Crippen molar-refractivity contribution in [2.24, 2.45) is 11.8 Å². The largest absolute Gasteiger partial charge is 0.465 e. The van der Waals surface area contributed by atoms with Gasteiger partial charge in [-0.05, 0) is 24.0 Å². The SMILES string of the molecule is O=C1OCCC/C=C\[C@@H]2S[C@]34C=CCN(Cc5ccccc5)C(=O)C3N([C@H](CO)c3ccccc3)C(=O)[C@@H]4[C@H]12. The minimum Gasteiger partial charge on any atom is -0.465 e. The van der Waals surface area contributed by atoms with Crippen LogP contribution >= 0.6 is 11.8 Å². The van der Waals surface area contributed by atoms with E-state index in [9.17, 15) is 19.5 Å². The highest BCUT2D eigenvalue weighted by Gasteiger charge is 2.71. The number of likely N-dealkylation sites (tertiary alicyclic amines) is 1. The zero-order valence-electron chi connectivity index (χ0n) is 21.6. The molecule has 1 N–H and O–H groups in total. The van der Waals surface area contributed by atoms with Gasteiger partial charge in [0.05, 0.1) is 35.8 Å². The molecule has 6 atom stereocenters. The highest BCUT2D eigenvalue weighted by atomic mass is 32.2. The van der Waals surface area contributed by atoms with Crippen molar-refractivity contribution in [3.05, 3.63) is 96.1 Å². The van der Waals surface area contributed by atoms with Crippen molar-refractivity contribution in [2.75, 3.05) is 19.8 Å². The lowest BCUT2D eigenvalue weighted by Crippen LogP contribution is -2.54. The Hall–Kier alpha value is -3.36. The maximum Gasteiger partial charge on any atom is 0.311 e. The molecule has 2 aromatic carbocycles. The van der Waals surface area contributed by atoms with Gasteiger partial charge in [0.1, 0.15) is 6.04 Å². The summed E-state index contributed by atoms with van der Waals surface area (Å²) in [5.74, 6) is -2.33. The summed E-state index contributed by atoms with van der Waals surface area (Å²) in [4.78, 5) is 45.8. The van der Waals surface area contributed by atoms with Gasteiger partial charge in [0.25, 0.3) is 0 Å². The van der Waals surface area contributed by atoms with Crippen LogP contribution in [0.2, 0.25) is 0 Å². The van der Waals surface area contributed by atoms with E-state index in [4.69, 9.17) is 4.74 Å². The number of hydrogen-bond donors (Lipinski definition) is 1. The van der Waals surface area contributed by atoms with E-state index in [-0.39, 0.29) is 29.6 Å². The Morgan fingerprint density at radius 2 is 1.74 bits per heavy atom. The normalized spacial score (nSPS) is 31.8. The Kier molecular flexibility index (Phi) is 7.08. The van der Waals surface area contributed by atoms with Crippen LogP contribution in [-0.4, -0.2) is 68.5 Å². The van der Waals surface area contributed by atoms with Crippen molar-refractivity contribution in [1.82, 2.24) is 9.80 Å². The molecule has 39 heavy (non-hydrogen) atoms. The van der Waals surface area contributed by atoms with Crippen LogP contribution in [0.25, 0.3) is 0 Å². The molecule has 2 fully saturated rings. The molecule has 2 saturated heterocycles. The van der Waals surface area contributed by atoms with Crippen molar-refractivity contribution in [1.29, 1.82) is 0 Å². The third-order valence-electron chi connectivity index (χ3n) is 8.28. The number of esters is 1. The number of carbonyl (C=O) groups is 3. The van der Waals surface area contributed by atoms with Crippen LogP contribution < -0.4 is 0 Å². The molecule has 2 aromatic rings. The molecule has 4 aliphatic heterocycles. The summed E-state index contributed by atoms with van der Waals surface area (Å²) in [5, 5.41) is 10.3. The number of nitrogens with zero attached hydrogens (tertiary/aromatic N) is 2. The molecule has 8 heteroatoms. The molecule has 1 unspecified atom stereocenters. The van der Waals surface area contributed by atoms with E-state index in [0.29, 0.717) is 19.7 Å². The van der Waals surface area contributed by atoms with Crippen LogP contribution in [0.15, 0.2) is 85.0 Å². The number of thioether (sulfide) groups is 1. The van der Waals surface area contributed by atoms with E-state index >= 15 is 0 Å². The maximum absolute atomic E-state index is 14.5. The van der Waals surface area contributed by atoms with Crippen LogP contribution in [-0.2, 0) is 25.7 Å². The number of allylic oxidation sites excluding steroid dienone is 1. The Morgan fingerprint density at radius 1 is 1.00 bits per heavy atom. The molecule has 1 spiro atoms. The highest BCUT2D eigenvalue weighted by Crippen LogP contribution is 2.62. The number of carbonyl (C=O) groups excluding carboxylic acids is 3. The van der Waals surface area contributed by atoms with Crippen molar-refractivity contribution in [2.45, 2.75) is 41.5 Å². The van der Waals surface area contributed by atoms with E-state index in [0.717, 1.165) is 24.0 Å². The number of ether oxygens (including phenoxy) is 1. The lowest BCUT2D eigenvalue weighted by atomic mass is 9.78. The first-order valence-corrected chi connectivity index (χ1v) is 14.4. The average molecular weight is 545 g/mol. The summed E-state index contributed by atoms with van der Waals surface area (Å²) in [6.07, 6.45) is 9.57. The van der Waals surface area contributed by atoms with Crippen molar-refractivity contribution in [3.63, 3.8) is 0 Å². The minimum absolute atomic E-state index is 0.176. The number of aliphatic hydroxyl groups is 1. The quantitative estimate of drug-likeness (QED) is 0.458. The highest BCUT2D eigenvalue weighted by molar-refractivity contribution is 8.02. The first-order chi connectivity index (χ1) is 19.0. The first kappa shape index (κ1) is 25.9. The molecule has 0 aliphatic carbocycles. The molecule has 4 heterocycles. The van der Waals surface area contributed by atoms with E-state index in [2.05, 4.69) is 6.08 Å². The number of cyclic esters (lactones) is 1. The third kappa shape index (κ3) is 4.39. The average Bonchev–Trinajstić information content (AvgIpc) is 3.37. The van der Waals surface area contributed by atoms with Crippen LogP contribution in [0.5, 0.6) is 0 Å². The van der Waals surface area contributed by atoms with Gasteiger partial charge in [0, 0.05) is 18.3 Å². The van der Waals surface area contributed by atoms with Gasteiger partial charge >= 0.3 is 5.97 Å². The van der Waals surface area contributed by atoms with E-state index in [1.807, 2.05) is 78.9 Å². The predicted octanol–water partition coefficient (Wildman–Crippen LogP) is 3.51. The number of hydrogen-bond acceptors (Lipinski definition) is 6. The minimum atomic E-state index is -0.959. The summed E-state index contributed by atoms with van der Waals surface area (Å²) in [7, 11) is 0. The number of amides is 2. The monoisotopic (exact) mass is 544 g/mol. The molecule has 4 aliphatic rings. The molecule has 7 nitrogen and oxygen atoms in total. The fourth-order valence-corrected chi connectivity index (χ4v) is 8.54. The Labute approximate surface area is 232 Å². The molecular formula is C31H32N2O5S. The molecular weight excluding hydrogens is 512 g/mol. The van der Waals surface area contributed by atoms with Crippen LogP contribution in [0.4, 0.5) is 0 Å². The summed E-state index contributed by atoms with van der Waals surface area (Å²) in [6, 6.07) is 17.5. The molecule has 0 radical (unpaired) electrons. The standard InChI is InChI=1S/C31H32N2O5S/c34-20-23(22-13-6-2-7-14-22)33-27-29(36)32(19-21-11-4-1-5-12-21)17-10-16-31(27)26(28(33)35)25-24(39-31)15-8-3-9-18-38-30(25)37/h1-2,4-8,10-16,23-27,34H,3,9,17-20H2/b15-8-/t23-,24+,25-,26+,27?,31+/m1/s1. The second-order valence-electron chi connectivity index (χ2n) is 10.5. The third-order valence-corrected chi connectivity index (χ3v) is 10.0. The zero-order chi connectivity index (χ0) is 27.0. The molecule has 0 saturated carbocycles. The van der Waals surface area contributed by atoms with Crippen LogP contribution in [0.1, 0.15) is 30.0 Å². The molecule has 6 rings (SSSR count). The second kappa shape index (κ2) is 10.7. The van der Waals surface area contributed by atoms with Gasteiger partial charge in [-0.3, -0.25) is 14.4 Å². The Bertz CT molecular complexity index is 1300. The van der Waals surface area contributed by atoms with Gasteiger partial charge < -0.3 is 19.6 Å². The Balaban J connectivity index is 1.47. The number of rotatable bonds is 5. The van der Waals surface area contributed by atoms with Gasteiger partial charge in [-0.1, -0.05) is 85.0 Å². The van der Waals surface area contributed by atoms with Gasteiger partial charge in [0.2, 0.25) is 11.8 Å². The summed E-state index contributed by atoms with van der Waals surface area (Å²) >= 11 is 1.52. The second-order valence-corrected chi connectivity index (χ2v) is 12.0. The van der Waals surface area contributed by atoms with Gasteiger partial charge in [0.15, 0.2) is 0 Å². The summed E-state index contributed by atoms with van der Waals surface area (Å²) < 4.78 is 4.68. The lowest BCUT2D eigenvalue weighted by Gasteiger charge is -2.38. The summed E-state index contributed by atoms with van der Waals surface area (Å²) in [6.45, 7) is 0.763. The molecule has 2 amide bonds. The van der Waals surface area contributed by atoms with Gasteiger partial charge in [-0.2, -0.15) is 0 Å². The Morgan fingerprint density at radius 3 is 2.49 bits per heavy atom. The number of fused-ring (bicyclic) bond motifs is 2. The van der Waals surface area contributed by atoms with E-state index in [1.54, 1.807) is 9.80 Å². The smallest absolute Gasteiger partial charge is 0.311 e. The van der Waals surface area contributed by atoms with Crippen molar-refractivity contribution >= 4 is 29.5 Å². The topological polar surface area (TPSA) is 87.2 Å². The predicted molar refractivity (Wildman–Crippen MR) is 148 cm³/mol. The zero-order valence-corrected chi connectivity index (χ0v) is 22.4. The molecule has 202 valence electrons. The van der Waals surface area contributed by atoms with Gasteiger partial charge in [-0.15, -0.1) is 11.8 Å². The van der Waals surface area contributed by atoms with Crippen LogP contribution in [0, 0.1) is 11.8 Å². The maximum atomic E-state index is 14.5. The van der Waals surface area contributed by atoms with E-state index in [1.165, 1.54) is 11.8 Å². The van der Waals surface area contributed by atoms with Crippen LogP contribution in [0.3, 0.4) is 0 Å².